The molecule has 0 aromatic heterocycles. The summed E-state index contributed by atoms with van der Waals surface area (Å²) in [5, 5.41) is 0. The predicted molar refractivity (Wildman–Crippen MR) is 98.6 cm³/mol. The Balaban J connectivity index is 1.53. The zero-order valence-electron chi connectivity index (χ0n) is 15.0. The minimum Gasteiger partial charge on any atom is -0.496 e. The lowest BCUT2D eigenvalue weighted by atomic mass is 9.96. The Morgan fingerprint density at radius 1 is 1.28 bits per heavy atom. The van der Waals surface area contributed by atoms with Crippen LogP contribution < -0.4 is 4.74 Å². The van der Waals surface area contributed by atoms with Crippen LogP contribution in [0, 0.1) is 5.92 Å². The molecule has 1 atom stereocenters. The second-order valence-corrected chi connectivity index (χ2v) is 6.68. The number of carbonyl (C=O) groups is 1. The van der Waals surface area contributed by atoms with E-state index < -0.39 is 0 Å². The largest absolute Gasteiger partial charge is 0.496 e. The molecule has 0 saturated carbocycles. The van der Waals surface area contributed by atoms with E-state index in [4.69, 9.17) is 9.47 Å². The molecule has 1 aromatic rings. The van der Waals surface area contributed by atoms with Crippen LogP contribution in [0.15, 0.2) is 30.3 Å². The summed E-state index contributed by atoms with van der Waals surface area (Å²) in [6.45, 7) is 5.60. The quantitative estimate of drug-likeness (QED) is 0.822. The van der Waals surface area contributed by atoms with Crippen LogP contribution >= 0.6 is 0 Å². The number of amides is 1. The first-order chi connectivity index (χ1) is 12.3. The van der Waals surface area contributed by atoms with E-state index in [-0.39, 0.29) is 5.92 Å². The molecule has 2 heterocycles. The van der Waals surface area contributed by atoms with Crippen LogP contribution in [0.4, 0.5) is 0 Å². The van der Waals surface area contributed by atoms with Crippen LogP contribution in [0.5, 0.6) is 5.75 Å². The summed E-state index contributed by atoms with van der Waals surface area (Å²) in [7, 11) is 1.69. The lowest BCUT2D eigenvalue weighted by Gasteiger charge is -2.35. The summed E-state index contributed by atoms with van der Waals surface area (Å²) < 4.78 is 10.7. The number of nitrogens with zero attached hydrogens (tertiary/aromatic N) is 2. The Morgan fingerprint density at radius 2 is 2.08 bits per heavy atom. The van der Waals surface area contributed by atoms with E-state index in [0.29, 0.717) is 19.1 Å². The minimum absolute atomic E-state index is 0.131. The van der Waals surface area contributed by atoms with Crippen molar-refractivity contribution >= 4 is 12.0 Å². The fourth-order valence-corrected chi connectivity index (χ4v) is 3.60. The van der Waals surface area contributed by atoms with Gasteiger partial charge < -0.3 is 14.4 Å². The standard InChI is InChI=1S/C20H28N2O3/c1-24-19-9-3-2-6-17(19)7-4-10-21-11-5-8-18(16-21)20(23)22-12-14-25-15-13-22/h2-4,6-7,9,18H,5,8,10-16H2,1H3/b7-4+. The normalized spacial score (nSPS) is 22.3. The maximum atomic E-state index is 12.7. The highest BCUT2D eigenvalue weighted by Gasteiger charge is 2.29. The van der Waals surface area contributed by atoms with Crippen molar-refractivity contribution in [2.24, 2.45) is 5.92 Å². The third-order valence-corrected chi connectivity index (χ3v) is 4.98. The van der Waals surface area contributed by atoms with Crippen molar-refractivity contribution in [3.05, 3.63) is 35.9 Å². The molecule has 1 amide bonds. The Hall–Kier alpha value is -1.85. The number of para-hydroxylation sites is 1. The third kappa shape index (κ3) is 4.83. The van der Waals surface area contributed by atoms with Gasteiger partial charge in [-0.2, -0.15) is 0 Å². The van der Waals surface area contributed by atoms with Crippen molar-refractivity contribution in [2.75, 3.05) is 53.0 Å². The zero-order valence-corrected chi connectivity index (χ0v) is 15.0. The van der Waals surface area contributed by atoms with Crippen LogP contribution in [0.1, 0.15) is 18.4 Å². The lowest BCUT2D eigenvalue weighted by molar-refractivity contribution is -0.141. The molecule has 2 aliphatic heterocycles. The molecule has 2 aliphatic rings. The van der Waals surface area contributed by atoms with Gasteiger partial charge in [-0.05, 0) is 25.5 Å². The van der Waals surface area contributed by atoms with Gasteiger partial charge >= 0.3 is 0 Å². The number of rotatable bonds is 5. The van der Waals surface area contributed by atoms with E-state index in [1.54, 1.807) is 7.11 Å². The first-order valence-electron chi connectivity index (χ1n) is 9.16. The van der Waals surface area contributed by atoms with Gasteiger partial charge in [0.1, 0.15) is 5.75 Å². The molecule has 136 valence electrons. The summed E-state index contributed by atoms with van der Waals surface area (Å²) in [5.41, 5.74) is 1.09. The van der Waals surface area contributed by atoms with Crippen molar-refractivity contribution in [2.45, 2.75) is 12.8 Å². The molecule has 0 aliphatic carbocycles. The second kappa shape index (κ2) is 9.02. The highest BCUT2D eigenvalue weighted by molar-refractivity contribution is 5.79. The van der Waals surface area contributed by atoms with Crippen LogP contribution in [-0.4, -0.2) is 68.8 Å². The van der Waals surface area contributed by atoms with Crippen LogP contribution in [0.25, 0.3) is 6.08 Å². The monoisotopic (exact) mass is 344 g/mol. The Kier molecular flexibility index (Phi) is 6.48. The molecule has 0 bridgehead atoms. The fourth-order valence-electron chi connectivity index (χ4n) is 3.60. The fraction of sp³-hybridized carbons (Fsp3) is 0.550. The molecule has 1 unspecified atom stereocenters. The molecule has 5 heteroatoms. The summed E-state index contributed by atoms with van der Waals surface area (Å²) in [5.74, 6) is 1.32. The Labute approximate surface area is 150 Å². The van der Waals surface area contributed by atoms with Crippen molar-refractivity contribution in [1.82, 2.24) is 9.80 Å². The number of piperidine rings is 1. The number of likely N-dealkylation sites (tertiary alicyclic amines) is 1. The molecular weight excluding hydrogens is 316 g/mol. The summed E-state index contributed by atoms with van der Waals surface area (Å²) in [6, 6.07) is 8.01. The average Bonchev–Trinajstić information content (AvgIpc) is 2.69. The van der Waals surface area contributed by atoms with Gasteiger partial charge in [0, 0.05) is 31.7 Å². The molecular formula is C20H28N2O3. The van der Waals surface area contributed by atoms with E-state index in [1.807, 2.05) is 23.1 Å². The molecule has 0 N–H and O–H groups in total. The third-order valence-electron chi connectivity index (χ3n) is 4.98. The highest BCUT2D eigenvalue weighted by Crippen LogP contribution is 2.21. The first kappa shape index (κ1) is 18.0. The smallest absolute Gasteiger partial charge is 0.227 e. The van der Waals surface area contributed by atoms with E-state index >= 15 is 0 Å². The van der Waals surface area contributed by atoms with Crippen molar-refractivity contribution in [1.29, 1.82) is 0 Å². The molecule has 3 rings (SSSR count). The van der Waals surface area contributed by atoms with Crippen LogP contribution in [0.2, 0.25) is 0 Å². The molecule has 2 saturated heterocycles. The van der Waals surface area contributed by atoms with Gasteiger partial charge in [-0.25, -0.2) is 0 Å². The van der Waals surface area contributed by atoms with E-state index in [1.165, 1.54) is 0 Å². The average molecular weight is 344 g/mol. The number of hydrogen-bond donors (Lipinski definition) is 0. The van der Waals surface area contributed by atoms with E-state index in [9.17, 15) is 4.79 Å². The number of methoxy groups -OCH3 is 1. The summed E-state index contributed by atoms with van der Waals surface area (Å²) in [4.78, 5) is 17.0. The van der Waals surface area contributed by atoms with Gasteiger partial charge in [0.15, 0.2) is 0 Å². The highest BCUT2D eigenvalue weighted by atomic mass is 16.5. The van der Waals surface area contributed by atoms with Crippen LogP contribution in [-0.2, 0) is 9.53 Å². The van der Waals surface area contributed by atoms with Gasteiger partial charge in [0.25, 0.3) is 0 Å². The Morgan fingerprint density at radius 3 is 2.88 bits per heavy atom. The maximum Gasteiger partial charge on any atom is 0.227 e. The molecule has 25 heavy (non-hydrogen) atoms. The lowest BCUT2D eigenvalue weighted by Crippen LogP contribution is -2.48. The molecule has 0 radical (unpaired) electrons. The van der Waals surface area contributed by atoms with Crippen molar-refractivity contribution in [3.8, 4) is 5.75 Å². The molecule has 0 spiro atoms. The van der Waals surface area contributed by atoms with E-state index in [2.05, 4.69) is 23.1 Å². The molecule has 2 fully saturated rings. The van der Waals surface area contributed by atoms with E-state index in [0.717, 1.165) is 56.9 Å². The number of morpholine rings is 1. The number of benzene rings is 1. The van der Waals surface area contributed by atoms with Crippen LogP contribution in [0.3, 0.4) is 0 Å². The second-order valence-electron chi connectivity index (χ2n) is 6.68. The zero-order chi connectivity index (χ0) is 17.5. The SMILES string of the molecule is COc1ccccc1/C=C/CN1CCCC(C(=O)N2CCOCC2)C1. The summed E-state index contributed by atoms with van der Waals surface area (Å²) in [6.07, 6.45) is 6.36. The maximum absolute atomic E-state index is 12.7. The number of hydrogen-bond acceptors (Lipinski definition) is 4. The van der Waals surface area contributed by atoms with Gasteiger partial charge in [-0.15, -0.1) is 0 Å². The number of carbonyl (C=O) groups excluding carboxylic acids is 1. The molecule has 5 nitrogen and oxygen atoms in total. The summed E-state index contributed by atoms with van der Waals surface area (Å²) >= 11 is 0. The number of ether oxygens (including phenoxy) is 2. The van der Waals surface area contributed by atoms with Gasteiger partial charge in [-0.1, -0.05) is 30.4 Å². The topological polar surface area (TPSA) is 42.0 Å². The van der Waals surface area contributed by atoms with Crippen molar-refractivity contribution in [3.63, 3.8) is 0 Å². The minimum atomic E-state index is 0.131. The van der Waals surface area contributed by atoms with Gasteiger partial charge in [-0.3, -0.25) is 9.69 Å². The predicted octanol–water partition coefficient (Wildman–Crippen LogP) is 2.28. The van der Waals surface area contributed by atoms with Crippen molar-refractivity contribution < 1.29 is 14.3 Å². The van der Waals surface area contributed by atoms with Gasteiger partial charge in [0.05, 0.1) is 26.2 Å². The van der Waals surface area contributed by atoms with Gasteiger partial charge in [0.2, 0.25) is 5.91 Å². The Bertz CT molecular complexity index is 596. The first-order valence-corrected chi connectivity index (χ1v) is 9.16. The molecule has 1 aromatic carbocycles.